The van der Waals surface area contributed by atoms with E-state index in [0.29, 0.717) is 4.73 Å². The molecule has 0 aliphatic carbocycles. The number of aromatic amines is 1. The third-order valence-electron chi connectivity index (χ3n) is 0.558. The summed E-state index contributed by atoms with van der Waals surface area (Å²) < 4.78 is 0.481. The van der Waals surface area contributed by atoms with Gasteiger partial charge in [-0.25, -0.2) is 0 Å². The fourth-order valence-electron chi connectivity index (χ4n) is 0.292. The molecule has 0 unspecified atom stereocenters. The molecular formula is C3HBrN4. The van der Waals surface area contributed by atoms with Crippen molar-refractivity contribution >= 4 is 15.9 Å². The van der Waals surface area contributed by atoms with E-state index in [4.69, 9.17) is 5.26 Å². The van der Waals surface area contributed by atoms with Gasteiger partial charge in [0.05, 0.1) is 0 Å². The summed E-state index contributed by atoms with van der Waals surface area (Å²) in [6, 6.07) is 1.76. The number of H-pyrrole nitrogens is 1. The van der Waals surface area contributed by atoms with Gasteiger partial charge in [-0.3, -0.25) is 5.10 Å². The zero-order valence-electron chi connectivity index (χ0n) is 3.72. The lowest BCUT2D eigenvalue weighted by molar-refractivity contribution is 1.05. The molecule has 8 heavy (non-hydrogen) atoms. The van der Waals surface area contributed by atoms with Gasteiger partial charge in [-0.1, -0.05) is 0 Å². The SMILES string of the molecule is N#Cc1n[nH]c(Br)n1. The zero-order chi connectivity index (χ0) is 5.98. The molecule has 0 aromatic carbocycles. The first-order valence-corrected chi connectivity index (χ1v) is 2.60. The van der Waals surface area contributed by atoms with Crippen molar-refractivity contribution in [2.45, 2.75) is 0 Å². The first kappa shape index (κ1) is 5.25. The number of hydrogen-bond acceptors (Lipinski definition) is 3. The van der Waals surface area contributed by atoms with E-state index in [-0.39, 0.29) is 5.82 Å². The molecule has 4 nitrogen and oxygen atoms in total. The second kappa shape index (κ2) is 1.92. The van der Waals surface area contributed by atoms with Crippen molar-refractivity contribution in [2.75, 3.05) is 0 Å². The van der Waals surface area contributed by atoms with Crippen LogP contribution in [0, 0.1) is 11.3 Å². The Hall–Kier alpha value is -0.890. The molecule has 0 radical (unpaired) electrons. The number of nitrogens with zero attached hydrogens (tertiary/aromatic N) is 3. The first-order valence-electron chi connectivity index (χ1n) is 1.81. The molecule has 5 heteroatoms. The number of aromatic nitrogens is 3. The van der Waals surface area contributed by atoms with Crippen LogP contribution in [0.2, 0.25) is 0 Å². The van der Waals surface area contributed by atoms with Crippen LogP contribution in [0.15, 0.2) is 4.73 Å². The van der Waals surface area contributed by atoms with Crippen molar-refractivity contribution in [3.05, 3.63) is 10.6 Å². The lowest BCUT2D eigenvalue weighted by Gasteiger charge is -1.64. The van der Waals surface area contributed by atoms with E-state index >= 15 is 0 Å². The van der Waals surface area contributed by atoms with E-state index in [1.165, 1.54) is 0 Å². The van der Waals surface area contributed by atoms with E-state index in [1.807, 2.05) is 0 Å². The van der Waals surface area contributed by atoms with Gasteiger partial charge < -0.3 is 0 Å². The number of nitrogens with one attached hydrogen (secondary N) is 1. The summed E-state index contributed by atoms with van der Waals surface area (Å²) >= 11 is 2.99. The number of rotatable bonds is 0. The molecule has 0 saturated heterocycles. The molecule has 0 aliphatic heterocycles. The fourth-order valence-corrected chi connectivity index (χ4v) is 0.549. The third kappa shape index (κ3) is 0.845. The predicted octanol–water partition coefficient (Wildman–Crippen LogP) is 0.439. The fraction of sp³-hybridized carbons (Fsp3) is 0. The minimum Gasteiger partial charge on any atom is -0.252 e. The Morgan fingerprint density at radius 3 is 2.75 bits per heavy atom. The monoisotopic (exact) mass is 172 g/mol. The second-order valence-corrected chi connectivity index (χ2v) is 1.81. The first-order chi connectivity index (χ1) is 3.83. The summed E-state index contributed by atoms with van der Waals surface area (Å²) in [6.45, 7) is 0. The van der Waals surface area contributed by atoms with Gasteiger partial charge >= 0.3 is 0 Å². The molecule has 1 rings (SSSR count). The zero-order valence-corrected chi connectivity index (χ0v) is 5.31. The van der Waals surface area contributed by atoms with E-state index in [9.17, 15) is 0 Å². The van der Waals surface area contributed by atoms with Crippen LogP contribution in [0.25, 0.3) is 0 Å². The summed E-state index contributed by atoms with van der Waals surface area (Å²) in [7, 11) is 0. The lowest BCUT2D eigenvalue weighted by Crippen LogP contribution is -1.72. The maximum atomic E-state index is 8.14. The minimum atomic E-state index is 0.150. The molecule has 40 valence electrons. The molecule has 1 heterocycles. The van der Waals surface area contributed by atoms with Gasteiger partial charge in [0.15, 0.2) is 4.73 Å². The Balaban J connectivity index is 3.05. The number of halogens is 1. The van der Waals surface area contributed by atoms with Crippen LogP contribution in [0.4, 0.5) is 0 Å². The Kier molecular flexibility index (Phi) is 1.26. The minimum absolute atomic E-state index is 0.150. The van der Waals surface area contributed by atoms with Crippen LogP contribution < -0.4 is 0 Å². The highest BCUT2D eigenvalue weighted by molar-refractivity contribution is 9.10. The summed E-state index contributed by atoms with van der Waals surface area (Å²) in [5, 5.41) is 14.1. The highest BCUT2D eigenvalue weighted by Crippen LogP contribution is 1.97. The largest absolute Gasteiger partial charge is 0.252 e. The Labute approximate surface area is 53.7 Å². The highest BCUT2D eigenvalue weighted by atomic mass is 79.9. The summed E-state index contributed by atoms with van der Waals surface area (Å²) in [4.78, 5) is 3.62. The summed E-state index contributed by atoms with van der Waals surface area (Å²) in [5.74, 6) is 0.150. The summed E-state index contributed by atoms with van der Waals surface area (Å²) in [6.07, 6.45) is 0. The van der Waals surface area contributed by atoms with Gasteiger partial charge in [0, 0.05) is 0 Å². The van der Waals surface area contributed by atoms with E-state index in [0.717, 1.165) is 0 Å². The van der Waals surface area contributed by atoms with Gasteiger partial charge in [-0.15, -0.1) is 5.10 Å². The van der Waals surface area contributed by atoms with E-state index in [2.05, 4.69) is 31.1 Å². The molecule has 1 N–H and O–H groups in total. The molecule has 0 fully saturated rings. The van der Waals surface area contributed by atoms with Crippen molar-refractivity contribution in [3.8, 4) is 6.07 Å². The Morgan fingerprint density at radius 2 is 2.50 bits per heavy atom. The average molecular weight is 173 g/mol. The van der Waals surface area contributed by atoms with Crippen molar-refractivity contribution in [2.24, 2.45) is 0 Å². The lowest BCUT2D eigenvalue weighted by atomic mass is 10.7. The van der Waals surface area contributed by atoms with Crippen molar-refractivity contribution < 1.29 is 0 Å². The van der Waals surface area contributed by atoms with Gasteiger partial charge in [0.2, 0.25) is 0 Å². The maximum absolute atomic E-state index is 8.14. The molecule has 0 atom stereocenters. The predicted molar refractivity (Wildman–Crippen MR) is 28.8 cm³/mol. The molecule has 1 aromatic rings. The maximum Gasteiger partial charge on any atom is 0.252 e. The van der Waals surface area contributed by atoms with Crippen LogP contribution in [0.3, 0.4) is 0 Å². The normalized spacial score (nSPS) is 8.50. The standard InChI is InChI=1S/C3HBrN4/c4-3-6-2(1-5)7-8-3/h(H,6,7,8). The Bertz CT molecular complexity index is 221. The summed E-state index contributed by atoms with van der Waals surface area (Å²) in [5.41, 5.74) is 0. The van der Waals surface area contributed by atoms with Crippen LogP contribution in [0.1, 0.15) is 5.82 Å². The average Bonchev–Trinajstić information content (AvgIpc) is 2.14. The number of hydrogen-bond donors (Lipinski definition) is 1. The van der Waals surface area contributed by atoms with Gasteiger partial charge in [-0.05, 0) is 15.9 Å². The molecule has 0 amide bonds. The van der Waals surface area contributed by atoms with Crippen molar-refractivity contribution in [1.29, 1.82) is 5.26 Å². The van der Waals surface area contributed by atoms with Gasteiger partial charge in [0.1, 0.15) is 6.07 Å². The van der Waals surface area contributed by atoms with Crippen LogP contribution >= 0.6 is 15.9 Å². The van der Waals surface area contributed by atoms with Crippen molar-refractivity contribution in [1.82, 2.24) is 15.2 Å². The highest BCUT2D eigenvalue weighted by Gasteiger charge is 1.94. The Morgan fingerprint density at radius 1 is 1.75 bits per heavy atom. The molecule has 0 saturated carbocycles. The molecule has 0 bridgehead atoms. The topological polar surface area (TPSA) is 65.4 Å². The molecular weight excluding hydrogens is 172 g/mol. The second-order valence-electron chi connectivity index (χ2n) is 1.06. The smallest absolute Gasteiger partial charge is 0.252 e. The van der Waals surface area contributed by atoms with Gasteiger partial charge in [0.25, 0.3) is 5.82 Å². The van der Waals surface area contributed by atoms with Crippen LogP contribution in [0.5, 0.6) is 0 Å². The van der Waals surface area contributed by atoms with E-state index < -0.39 is 0 Å². The molecule has 1 aromatic heterocycles. The molecule has 0 spiro atoms. The van der Waals surface area contributed by atoms with Crippen molar-refractivity contribution in [3.63, 3.8) is 0 Å². The van der Waals surface area contributed by atoms with Crippen LogP contribution in [-0.4, -0.2) is 15.2 Å². The third-order valence-corrected chi connectivity index (χ3v) is 0.913. The quantitative estimate of drug-likeness (QED) is 0.618. The molecule has 0 aliphatic rings. The van der Waals surface area contributed by atoms with Crippen LogP contribution in [-0.2, 0) is 0 Å². The number of nitriles is 1. The van der Waals surface area contributed by atoms with E-state index in [1.54, 1.807) is 6.07 Å². The van der Waals surface area contributed by atoms with Gasteiger partial charge in [-0.2, -0.15) is 10.2 Å².